The predicted molar refractivity (Wildman–Crippen MR) is 38.3 cm³/mol. The summed E-state index contributed by atoms with van der Waals surface area (Å²) in [5.41, 5.74) is 0. The maximum atomic E-state index is 10.6. The van der Waals surface area contributed by atoms with Gasteiger partial charge in [-0.15, -0.1) is 0 Å². The van der Waals surface area contributed by atoms with Crippen LogP contribution in [0.25, 0.3) is 0 Å². The number of ether oxygens (including phenoxy) is 1. The molecule has 68 valence electrons. The molecule has 0 aliphatic heterocycles. The van der Waals surface area contributed by atoms with Crippen LogP contribution >= 0.6 is 0 Å². The Bertz CT molecular complexity index is 196. The van der Waals surface area contributed by atoms with Gasteiger partial charge in [-0.25, -0.2) is 0 Å². The Morgan fingerprint density at radius 3 is 2.25 bits per heavy atom. The van der Waals surface area contributed by atoms with Crippen molar-refractivity contribution in [2.45, 2.75) is 26.2 Å². The van der Waals surface area contributed by atoms with E-state index in [1.165, 1.54) is 0 Å². The molecule has 0 unspecified atom stereocenters. The van der Waals surface area contributed by atoms with E-state index in [0.717, 1.165) is 6.92 Å². The second-order valence-corrected chi connectivity index (χ2v) is 2.21. The van der Waals surface area contributed by atoms with Gasteiger partial charge in [0.2, 0.25) is 0 Å². The SMILES string of the molecule is CC(=O)OC(=O)CCCC(=O)O. The zero-order chi connectivity index (χ0) is 9.56. The molecule has 0 aliphatic rings. The monoisotopic (exact) mass is 174 g/mol. The number of carboxylic acid groups (broad SMARTS) is 1. The van der Waals surface area contributed by atoms with Crippen LogP contribution in [0.2, 0.25) is 0 Å². The highest BCUT2D eigenvalue weighted by Gasteiger charge is 2.06. The number of aliphatic carboxylic acids is 1. The van der Waals surface area contributed by atoms with E-state index in [4.69, 9.17) is 5.11 Å². The highest BCUT2D eigenvalue weighted by atomic mass is 16.6. The summed E-state index contributed by atoms with van der Waals surface area (Å²) in [5.74, 6) is -2.32. The van der Waals surface area contributed by atoms with Crippen LogP contribution in [-0.4, -0.2) is 23.0 Å². The van der Waals surface area contributed by atoms with Crippen LogP contribution in [-0.2, 0) is 19.1 Å². The third kappa shape index (κ3) is 6.73. The molecule has 5 heteroatoms. The van der Waals surface area contributed by atoms with Gasteiger partial charge in [-0.3, -0.25) is 14.4 Å². The number of hydrogen-bond donors (Lipinski definition) is 1. The van der Waals surface area contributed by atoms with Crippen molar-refractivity contribution in [3.05, 3.63) is 0 Å². The molecule has 0 spiro atoms. The lowest BCUT2D eigenvalue weighted by molar-refractivity contribution is -0.158. The molecule has 1 N–H and O–H groups in total. The van der Waals surface area contributed by atoms with E-state index in [1.807, 2.05) is 0 Å². The van der Waals surface area contributed by atoms with Gasteiger partial charge < -0.3 is 9.84 Å². The highest BCUT2D eigenvalue weighted by molar-refractivity contribution is 5.84. The fourth-order valence-electron chi connectivity index (χ4n) is 0.595. The summed E-state index contributed by atoms with van der Waals surface area (Å²) in [6.45, 7) is 1.12. The summed E-state index contributed by atoms with van der Waals surface area (Å²) in [7, 11) is 0. The Balaban J connectivity index is 3.44. The normalized spacial score (nSPS) is 9.08. The van der Waals surface area contributed by atoms with Crippen LogP contribution in [0, 0.1) is 0 Å². The van der Waals surface area contributed by atoms with Gasteiger partial charge in [0.15, 0.2) is 0 Å². The van der Waals surface area contributed by atoms with E-state index in [9.17, 15) is 14.4 Å². The van der Waals surface area contributed by atoms with Gasteiger partial charge in [-0.05, 0) is 6.42 Å². The summed E-state index contributed by atoms with van der Waals surface area (Å²) in [5, 5.41) is 8.19. The summed E-state index contributed by atoms with van der Waals surface area (Å²) >= 11 is 0. The number of hydrogen-bond acceptors (Lipinski definition) is 4. The quantitative estimate of drug-likeness (QED) is 0.490. The van der Waals surface area contributed by atoms with Gasteiger partial charge in [0.25, 0.3) is 0 Å². The number of rotatable bonds is 4. The molecule has 0 radical (unpaired) electrons. The minimum absolute atomic E-state index is 0.0358. The largest absolute Gasteiger partial charge is 0.481 e. The van der Waals surface area contributed by atoms with Crippen molar-refractivity contribution in [1.82, 2.24) is 0 Å². The van der Waals surface area contributed by atoms with Gasteiger partial charge in [0.05, 0.1) is 0 Å². The molecule has 0 amide bonds. The van der Waals surface area contributed by atoms with Crippen molar-refractivity contribution in [3.63, 3.8) is 0 Å². The summed E-state index contributed by atoms with van der Waals surface area (Å²) in [4.78, 5) is 30.8. The van der Waals surface area contributed by atoms with Crippen LogP contribution in [0.5, 0.6) is 0 Å². The van der Waals surface area contributed by atoms with Crippen molar-refractivity contribution in [2.24, 2.45) is 0 Å². The van der Waals surface area contributed by atoms with Gasteiger partial charge >= 0.3 is 17.9 Å². The minimum atomic E-state index is -0.967. The molecule has 5 nitrogen and oxygen atoms in total. The average Bonchev–Trinajstić information content (AvgIpc) is 1.84. The Morgan fingerprint density at radius 2 is 1.83 bits per heavy atom. The summed E-state index contributed by atoms with van der Waals surface area (Å²) in [6.07, 6.45) is 0.0698. The van der Waals surface area contributed by atoms with Crippen LogP contribution in [0.15, 0.2) is 0 Å². The van der Waals surface area contributed by atoms with Gasteiger partial charge in [0, 0.05) is 19.8 Å². The van der Waals surface area contributed by atoms with Crippen LogP contribution in [0.4, 0.5) is 0 Å². The second kappa shape index (κ2) is 5.29. The molecule has 0 aromatic rings. The number of carbonyl (C=O) groups excluding carboxylic acids is 2. The maximum absolute atomic E-state index is 10.6. The fraction of sp³-hybridized carbons (Fsp3) is 0.571. The molecule has 0 saturated heterocycles. The smallest absolute Gasteiger partial charge is 0.313 e. The first-order chi connectivity index (χ1) is 5.52. The molecule has 0 bridgehead atoms. The molecule has 0 rings (SSSR count). The van der Waals surface area contributed by atoms with Gasteiger partial charge in [0.1, 0.15) is 0 Å². The first-order valence-corrected chi connectivity index (χ1v) is 3.45. The molecule has 0 heterocycles. The van der Waals surface area contributed by atoms with Crippen molar-refractivity contribution in [1.29, 1.82) is 0 Å². The van der Waals surface area contributed by atoms with Crippen molar-refractivity contribution in [2.75, 3.05) is 0 Å². The zero-order valence-corrected chi connectivity index (χ0v) is 6.70. The van der Waals surface area contributed by atoms with E-state index >= 15 is 0 Å². The summed E-state index contributed by atoms with van der Waals surface area (Å²) < 4.78 is 4.16. The third-order valence-electron chi connectivity index (χ3n) is 1.03. The highest BCUT2D eigenvalue weighted by Crippen LogP contribution is 1.97. The first-order valence-electron chi connectivity index (χ1n) is 3.45. The number of carbonyl (C=O) groups is 3. The second-order valence-electron chi connectivity index (χ2n) is 2.21. The van der Waals surface area contributed by atoms with E-state index in [-0.39, 0.29) is 19.3 Å². The van der Waals surface area contributed by atoms with Crippen molar-refractivity contribution >= 4 is 17.9 Å². The fourth-order valence-corrected chi connectivity index (χ4v) is 0.595. The molecule has 0 saturated carbocycles. The maximum Gasteiger partial charge on any atom is 0.313 e. The molecule has 0 aromatic carbocycles. The Kier molecular flexibility index (Phi) is 4.67. The van der Waals surface area contributed by atoms with Crippen LogP contribution < -0.4 is 0 Å². The Morgan fingerprint density at radius 1 is 1.25 bits per heavy atom. The zero-order valence-electron chi connectivity index (χ0n) is 6.70. The lowest BCUT2D eigenvalue weighted by atomic mass is 10.2. The molecular formula is C7H10O5. The van der Waals surface area contributed by atoms with Gasteiger partial charge in [-0.1, -0.05) is 0 Å². The van der Waals surface area contributed by atoms with E-state index in [2.05, 4.69) is 4.74 Å². The third-order valence-corrected chi connectivity index (χ3v) is 1.03. The molecule has 0 fully saturated rings. The van der Waals surface area contributed by atoms with Gasteiger partial charge in [-0.2, -0.15) is 0 Å². The Hall–Kier alpha value is -1.39. The average molecular weight is 174 g/mol. The van der Waals surface area contributed by atoms with E-state index in [0.29, 0.717) is 0 Å². The Labute approximate surface area is 69.3 Å². The lowest BCUT2D eigenvalue weighted by Gasteiger charge is -1.97. The topological polar surface area (TPSA) is 80.7 Å². The number of esters is 2. The van der Waals surface area contributed by atoms with Crippen LogP contribution in [0.1, 0.15) is 26.2 Å². The van der Waals surface area contributed by atoms with Crippen LogP contribution in [0.3, 0.4) is 0 Å². The summed E-state index contributed by atoms with van der Waals surface area (Å²) in [6, 6.07) is 0. The van der Waals surface area contributed by atoms with Crippen molar-refractivity contribution in [3.8, 4) is 0 Å². The molecule has 0 aliphatic carbocycles. The number of carboxylic acids is 1. The first kappa shape index (κ1) is 10.6. The molecular weight excluding hydrogens is 164 g/mol. The predicted octanol–water partition coefficient (Wildman–Crippen LogP) is 0.331. The van der Waals surface area contributed by atoms with E-state index < -0.39 is 17.9 Å². The molecule has 0 aromatic heterocycles. The minimum Gasteiger partial charge on any atom is -0.481 e. The lowest BCUT2D eigenvalue weighted by Crippen LogP contribution is -2.09. The molecule has 0 atom stereocenters. The van der Waals surface area contributed by atoms with E-state index in [1.54, 1.807) is 0 Å². The van der Waals surface area contributed by atoms with Crippen molar-refractivity contribution < 1.29 is 24.2 Å². The molecule has 12 heavy (non-hydrogen) atoms. The standard InChI is InChI=1S/C7H10O5/c1-5(8)12-7(11)4-2-3-6(9)10/h2-4H2,1H3,(H,9,10).